The molecule has 0 fully saturated rings. The molecule has 5 nitrogen and oxygen atoms in total. The molecule has 138 valence electrons. The first kappa shape index (κ1) is 16.2. The second kappa shape index (κ2) is 6.05. The number of anilines is 1. The van der Waals surface area contributed by atoms with Crippen molar-refractivity contribution >= 4 is 22.5 Å². The molecule has 27 heavy (non-hydrogen) atoms. The summed E-state index contributed by atoms with van der Waals surface area (Å²) in [7, 11) is 0. The van der Waals surface area contributed by atoms with E-state index in [2.05, 4.69) is 42.3 Å². The first-order valence-corrected chi connectivity index (χ1v) is 9.57. The second-order valence-corrected chi connectivity index (χ2v) is 7.77. The van der Waals surface area contributed by atoms with Crippen molar-refractivity contribution in [3.05, 3.63) is 59.3 Å². The van der Waals surface area contributed by atoms with Crippen molar-refractivity contribution in [3.8, 4) is 5.75 Å². The maximum absolute atomic E-state index is 13.1. The minimum Gasteiger partial charge on any atom is -0.464 e. The zero-order chi connectivity index (χ0) is 18.5. The standard InChI is InChI=1S/C22H23N3O2/c1-13(2)12-23-14-7-8-17-19(11-14)27-22-20-16(9-10-25(22)21(17)26)15-5-3-4-6-18(15)24-20/h3-8,11,13,22-24H,9-10,12H2,1-2H3. The van der Waals surface area contributed by atoms with E-state index in [1.807, 2.05) is 29.2 Å². The van der Waals surface area contributed by atoms with Crippen molar-refractivity contribution in [2.24, 2.45) is 5.92 Å². The number of hydrogen-bond acceptors (Lipinski definition) is 3. The molecule has 2 aliphatic heterocycles. The summed E-state index contributed by atoms with van der Waals surface area (Å²) >= 11 is 0. The zero-order valence-electron chi connectivity index (χ0n) is 15.6. The van der Waals surface area contributed by atoms with Crippen molar-refractivity contribution in [1.82, 2.24) is 9.88 Å². The van der Waals surface area contributed by atoms with Gasteiger partial charge in [-0.2, -0.15) is 0 Å². The highest BCUT2D eigenvalue weighted by molar-refractivity contribution is 5.99. The van der Waals surface area contributed by atoms with Gasteiger partial charge in [0.15, 0.2) is 0 Å². The summed E-state index contributed by atoms with van der Waals surface area (Å²) in [5, 5.41) is 4.63. The smallest absolute Gasteiger partial charge is 0.260 e. The number of hydrogen-bond donors (Lipinski definition) is 2. The topological polar surface area (TPSA) is 57.4 Å². The number of aromatic amines is 1. The van der Waals surface area contributed by atoms with Gasteiger partial charge in [-0.05, 0) is 36.1 Å². The van der Waals surface area contributed by atoms with Crippen LogP contribution in [0.4, 0.5) is 5.69 Å². The molecule has 0 radical (unpaired) electrons. The number of aromatic nitrogens is 1. The van der Waals surface area contributed by atoms with Gasteiger partial charge < -0.3 is 15.0 Å². The zero-order valence-corrected chi connectivity index (χ0v) is 15.6. The molecule has 3 aromatic rings. The Morgan fingerprint density at radius 2 is 2.11 bits per heavy atom. The molecule has 1 amide bonds. The van der Waals surface area contributed by atoms with Gasteiger partial charge in [0, 0.05) is 35.7 Å². The van der Waals surface area contributed by atoms with Crippen molar-refractivity contribution in [2.45, 2.75) is 26.5 Å². The maximum atomic E-state index is 13.1. The molecule has 1 atom stereocenters. The summed E-state index contributed by atoms with van der Waals surface area (Å²) < 4.78 is 6.34. The van der Waals surface area contributed by atoms with Gasteiger partial charge >= 0.3 is 0 Å². The van der Waals surface area contributed by atoms with Crippen molar-refractivity contribution in [3.63, 3.8) is 0 Å². The molecule has 2 N–H and O–H groups in total. The highest BCUT2D eigenvalue weighted by atomic mass is 16.5. The minimum atomic E-state index is -0.388. The molecular formula is C22H23N3O2. The summed E-state index contributed by atoms with van der Waals surface area (Å²) in [4.78, 5) is 18.4. The molecular weight excluding hydrogens is 338 g/mol. The monoisotopic (exact) mass is 361 g/mol. The molecule has 0 saturated heterocycles. The Hall–Kier alpha value is -2.95. The number of nitrogens with one attached hydrogen (secondary N) is 2. The molecule has 0 aliphatic carbocycles. The Morgan fingerprint density at radius 3 is 2.96 bits per heavy atom. The van der Waals surface area contributed by atoms with Gasteiger partial charge in [0.1, 0.15) is 5.75 Å². The molecule has 0 bridgehead atoms. The van der Waals surface area contributed by atoms with Crippen LogP contribution >= 0.6 is 0 Å². The number of para-hydroxylation sites is 1. The lowest BCUT2D eigenvalue weighted by molar-refractivity contribution is 0.00207. The molecule has 5 heteroatoms. The quantitative estimate of drug-likeness (QED) is 0.730. The van der Waals surface area contributed by atoms with Crippen LogP contribution in [0.1, 0.15) is 41.7 Å². The fraction of sp³-hybridized carbons (Fsp3) is 0.318. The highest BCUT2D eigenvalue weighted by Crippen LogP contribution is 2.41. The van der Waals surface area contributed by atoms with Crippen LogP contribution in [0.15, 0.2) is 42.5 Å². The molecule has 1 unspecified atom stereocenters. The number of benzene rings is 2. The highest BCUT2D eigenvalue weighted by Gasteiger charge is 2.40. The van der Waals surface area contributed by atoms with Crippen LogP contribution in [0.5, 0.6) is 5.75 Å². The number of carbonyl (C=O) groups excluding carboxylic acids is 1. The normalized spacial score (nSPS) is 18.1. The van der Waals surface area contributed by atoms with Gasteiger partial charge in [0.05, 0.1) is 11.3 Å². The molecule has 0 saturated carbocycles. The van der Waals surface area contributed by atoms with E-state index in [0.29, 0.717) is 23.8 Å². The number of H-pyrrole nitrogens is 1. The fourth-order valence-corrected chi connectivity index (χ4v) is 4.04. The van der Waals surface area contributed by atoms with Crippen molar-refractivity contribution in [1.29, 1.82) is 0 Å². The van der Waals surface area contributed by atoms with Crippen LogP contribution in [0.2, 0.25) is 0 Å². The third-order valence-electron chi connectivity index (χ3n) is 5.41. The third-order valence-corrected chi connectivity index (χ3v) is 5.41. The number of rotatable bonds is 3. The van der Waals surface area contributed by atoms with Gasteiger partial charge in [-0.25, -0.2) is 0 Å². The lowest BCUT2D eigenvalue weighted by Crippen LogP contribution is -2.45. The van der Waals surface area contributed by atoms with Gasteiger partial charge in [-0.3, -0.25) is 9.69 Å². The Kier molecular flexibility index (Phi) is 3.64. The van der Waals surface area contributed by atoms with Gasteiger partial charge in [0.25, 0.3) is 5.91 Å². The SMILES string of the molecule is CC(C)CNc1ccc2c(c1)OC1c3[nH]c4ccccc4c3CCN1C2=O. The number of nitrogens with zero attached hydrogens (tertiary/aromatic N) is 1. The molecule has 2 aliphatic rings. The van der Waals surface area contributed by atoms with E-state index in [-0.39, 0.29) is 12.1 Å². The van der Waals surface area contributed by atoms with E-state index in [4.69, 9.17) is 4.74 Å². The fourth-order valence-electron chi connectivity index (χ4n) is 4.04. The van der Waals surface area contributed by atoms with E-state index in [1.54, 1.807) is 0 Å². The van der Waals surface area contributed by atoms with Gasteiger partial charge in [0.2, 0.25) is 6.23 Å². The molecule has 1 aromatic heterocycles. The summed E-state index contributed by atoms with van der Waals surface area (Å²) in [6.07, 6.45) is 0.454. The lowest BCUT2D eigenvalue weighted by atomic mass is 9.99. The average molecular weight is 361 g/mol. The van der Waals surface area contributed by atoms with Crippen molar-refractivity contribution in [2.75, 3.05) is 18.4 Å². The first-order chi connectivity index (χ1) is 13.1. The van der Waals surface area contributed by atoms with Crippen LogP contribution < -0.4 is 10.1 Å². The largest absolute Gasteiger partial charge is 0.464 e. The molecule has 3 heterocycles. The van der Waals surface area contributed by atoms with Crippen LogP contribution in [0.3, 0.4) is 0 Å². The summed E-state index contributed by atoms with van der Waals surface area (Å²) in [6, 6.07) is 14.1. The number of ether oxygens (including phenoxy) is 1. The van der Waals surface area contributed by atoms with E-state index in [9.17, 15) is 4.79 Å². The van der Waals surface area contributed by atoms with Crippen LogP contribution in [-0.2, 0) is 6.42 Å². The Balaban J connectivity index is 1.54. The number of amides is 1. The Morgan fingerprint density at radius 1 is 1.26 bits per heavy atom. The van der Waals surface area contributed by atoms with E-state index in [0.717, 1.165) is 29.9 Å². The van der Waals surface area contributed by atoms with Crippen LogP contribution in [0, 0.1) is 5.92 Å². The predicted molar refractivity (Wildman–Crippen MR) is 106 cm³/mol. The Bertz CT molecular complexity index is 1040. The van der Waals surface area contributed by atoms with E-state index < -0.39 is 0 Å². The van der Waals surface area contributed by atoms with Crippen LogP contribution in [-0.4, -0.2) is 28.9 Å². The number of carbonyl (C=O) groups is 1. The predicted octanol–water partition coefficient (Wildman–Crippen LogP) is 4.33. The van der Waals surface area contributed by atoms with Gasteiger partial charge in [-0.1, -0.05) is 32.0 Å². The van der Waals surface area contributed by atoms with E-state index in [1.165, 1.54) is 10.9 Å². The summed E-state index contributed by atoms with van der Waals surface area (Å²) in [5.41, 5.74) is 4.98. The Labute approximate surface area is 158 Å². The molecule has 5 rings (SSSR count). The first-order valence-electron chi connectivity index (χ1n) is 9.57. The minimum absolute atomic E-state index is 0.0426. The lowest BCUT2D eigenvalue weighted by Gasteiger charge is -2.39. The molecule has 2 aromatic carbocycles. The van der Waals surface area contributed by atoms with E-state index >= 15 is 0 Å². The van der Waals surface area contributed by atoms with Crippen LogP contribution in [0.25, 0.3) is 10.9 Å². The molecule has 0 spiro atoms. The summed E-state index contributed by atoms with van der Waals surface area (Å²) in [5.74, 6) is 1.24. The second-order valence-electron chi connectivity index (χ2n) is 7.77. The maximum Gasteiger partial charge on any atom is 0.260 e. The average Bonchev–Trinajstić information content (AvgIpc) is 3.05. The number of fused-ring (bicyclic) bond motifs is 6. The van der Waals surface area contributed by atoms with Crippen molar-refractivity contribution < 1.29 is 9.53 Å². The third kappa shape index (κ3) is 2.57. The summed E-state index contributed by atoms with van der Waals surface area (Å²) in [6.45, 7) is 5.89. The van der Waals surface area contributed by atoms with Gasteiger partial charge in [-0.15, -0.1) is 0 Å².